The van der Waals surface area contributed by atoms with Crippen LogP contribution < -0.4 is 10.6 Å². The lowest BCUT2D eigenvalue weighted by Gasteiger charge is -2.05. The third-order valence-corrected chi connectivity index (χ3v) is 4.31. The Morgan fingerprint density at radius 1 is 1.33 bits per heavy atom. The molecular weight excluding hydrogens is 326 g/mol. The maximum Gasteiger partial charge on any atom is 0.251 e. The van der Waals surface area contributed by atoms with E-state index in [-0.39, 0.29) is 11.8 Å². The van der Waals surface area contributed by atoms with Gasteiger partial charge in [-0.1, -0.05) is 11.3 Å². The number of imidazole rings is 1. The van der Waals surface area contributed by atoms with Crippen LogP contribution in [0.25, 0.3) is 10.2 Å². The zero-order valence-corrected chi connectivity index (χ0v) is 14.0. The molecule has 3 rings (SSSR count). The van der Waals surface area contributed by atoms with Gasteiger partial charge >= 0.3 is 0 Å². The Kier molecular flexibility index (Phi) is 4.85. The van der Waals surface area contributed by atoms with Crippen molar-refractivity contribution in [3.8, 4) is 0 Å². The van der Waals surface area contributed by atoms with Gasteiger partial charge in [-0.05, 0) is 24.6 Å². The molecule has 1 aromatic carbocycles. The number of carbonyl (C=O) groups is 2. The lowest BCUT2D eigenvalue weighted by molar-refractivity contribution is -0.114. The van der Waals surface area contributed by atoms with Crippen LogP contribution in [0.1, 0.15) is 23.7 Å². The number of carbonyl (C=O) groups excluding carboxylic acids is 2. The molecule has 2 amide bonds. The van der Waals surface area contributed by atoms with Crippen LogP contribution in [0.5, 0.6) is 0 Å². The molecule has 2 N–H and O–H groups in total. The number of benzene rings is 1. The molecule has 0 atom stereocenters. The summed E-state index contributed by atoms with van der Waals surface area (Å²) in [4.78, 5) is 31.6. The molecule has 0 radical (unpaired) electrons. The largest absolute Gasteiger partial charge is 0.352 e. The minimum atomic E-state index is -0.162. The maximum atomic E-state index is 12.2. The predicted octanol–water partition coefficient (Wildman–Crippen LogP) is 2.27. The number of aromatic nitrogens is 3. The lowest BCUT2D eigenvalue weighted by Crippen LogP contribution is -2.25. The highest BCUT2D eigenvalue weighted by atomic mass is 32.1. The van der Waals surface area contributed by atoms with Crippen LogP contribution in [0.15, 0.2) is 36.9 Å². The fourth-order valence-electron chi connectivity index (χ4n) is 2.25. The van der Waals surface area contributed by atoms with E-state index in [0.717, 1.165) is 23.2 Å². The van der Waals surface area contributed by atoms with Gasteiger partial charge in [-0.3, -0.25) is 9.59 Å². The van der Waals surface area contributed by atoms with Crippen molar-refractivity contribution in [3.63, 3.8) is 0 Å². The van der Waals surface area contributed by atoms with Crippen molar-refractivity contribution in [2.75, 3.05) is 11.9 Å². The molecule has 124 valence electrons. The van der Waals surface area contributed by atoms with Gasteiger partial charge < -0.3 is 15.2 Å². The molecule has 0 unspecified atom stereocenters. The number of aryl methyl sites for hydroxylation is 1. The topological polar surface area (TPSA) is 88.9 Å². The Hall–Kier alpha value is -2.74. The zero-order chi connectivity index (χ0) is 16.9. The van der Waals surface area contributed by atoms with E-state index in [0.29, 0.717) is 17.2 Å². The highest BCUT2D eigenvalue weighted by Gasteiger charge is 2.10. The van der Waals surface area contributed by atoms with Crippen LogP contribution in [-0.4, -0.2) is 32.9 Å². The molecule has 24 heavy (non-hydrogen) atoms. The molecule has 0 aliphatic carbocycles. The molecule has 2 heterocycles. The Morgan fingerprint density at radius 3 is 2.96 bits per heavy atom. The van der Waals surface area contributed by atoms with Crippen molar-refractivity contribution in [1.29, 1.82) is 0 Å². The minimum absolute atomic E-state index is 0.114. The van der Waals surface area contributed by atoms with Crippen LogP contribution in [0, 0.1) is 0 Å². The minimum Gasteiger partial charge on any atom is -0.352 e. The molecule has 0 fully saturated rings. The fourth-order valence-corrected chi connectivity index (χ4v) is 3.21. The van der Waals surface area contributed by atoms with E-state index in [2.05, 4.69) is 20.6 Å². The number of rotatable bonds is 6. The summed E-state index contributed by atoms with van der Waals surface area (Å²) in [7, 11) is 0. The van der Waals surface area contributed by atoms with E-state index in [1.165, 1.54) is 18.3 Å². The SMILES string of the molecule is CC(=O)Nc1nc2ccc(C(=O)NCCCn3ccnc3)cc2s1. The molecule has 0 spiro atoms. The second-order valence-electron chi connectivity index (χ2n) is 5.29. The lowest BCUT2D eigenvalue weighted by atomic mass is 10.2. The molecule has 0 bridgehead atoms. The van der Waals surface area contributed by atoms with Crippen molar-refractivity contribution in [2.24, 2.45) is 0 Å². The summed E-state index contributed by atoms with van der Waals surface area (Å²) in [6, 6.07) is 5.33. The van der Waals surface area contributed by atoms with Crippen molar-refractivity contribution in [1.82, 2.24) is 19.9 Å². The first-order valence-corrected chi connectivity index (χ1v) is 8.35. The zero-order valence-electron chi connectivity index (χ0n) is 13.2. The number of hydrogen-bond acceptors (Lipinski definition) is 5. The Bertz CT molecular complexity index is 857. The smallest absolute Gasteiger partial charge is 0.251 e. The maximum absolute atomic E-state index is 12.2. The van der Waals surface area contributed by atoms with Gasteiger partial charge in [0.05, 0.1) is 16.5 Å². The van der Waals surface area contributed by atoms with Crippen LogP contribution in [0.2, 0.25) is 0 Å². The molecule has 0 aliphatic heterocycles. The third-order valence-electron chi connectivity index (χ3n) is 3.37. The van der Waals surface area contributed by atoms with Gasteiger partial charge in [0.25, 0.3) is 5.91 Å². The summed E-state index contributed by atoms with van der Waals surface area (Å²) in [5.74, 6) is -0.276. The first-order chi connectivity index (χ1) is 11.6. The van der Waals surface area contributed by atoms with Gasteiger partial charge in [-0.25, -0.2) is 9.97 Å². The van der Waals surface area contributed by atoms with Gasteiger partial charge in [0.2, 0.25) is 5.91 Å². The van der Waals surface area contributed by atoms with E-state index in [4.69, 9.17) is 0 Å². The Balaban J connectivity index is 1.58. The van der Waals surface area contributed by atoms with Crippen molar-refractivity contribution in [3.05, 3.63) is 42.5 Å². The van der Waals surface area contributed by atoms with Gasteiger partial charge in [0.1, 0.15) is 0 Å². The van der Waals surface area contributed by atoms with E-state index >= 15 is 0 Å². The van der Waals surface area contributed by atoms with Crippen LogP contribution in [0.3, 0.4) is 0 Å². The van der Waals surface area contributed by atoms with E-state index in [9.17, 15) is 9.59 Å². The van der Waals surface area contributed by atoms with Gasteiger partial charge in [-0.2, -0.15) is 0 Å². The van der Waals surface area contributed by atoms with Gasteiger partial charge in [0, 0.05) is 38.0 Å². The average Bonchev–Trinajstić information content (AvgIpc) is 3.18. The van der Waals surface area contributed by atoms with Gasteiger partial charge in [0.15, 0.2) is 5.13 Å². The second-order valence-corrected chi connectivity index (χ2v) is 6.32. The molecular formula is C16H17N5O2S. The molecule has 0 aliphatic rings. The number of thiazole rings is 1. The highest BCUT2D eigenvalue weighted by molar-refractivity contribution is 7.22. The predicted molar refractivity (Wildman–Crippen MR) is 93.1 cm³/mol. The summed E-state index contributed by atoms with van der Waals surface area (Å²) in [5, 5.41) is 6.10. The van der Waals surface area contributed by atoms with Crippen molar-refractivity contribution in [2.45, 2.75) is 19.9 Å². The first-order valence-electron chi connectivity index (χ1n) is 7.54. The Morgan fingerprint density at radius 2 is 2.21 bits per heavy atom. The second kappa shape index (κ2) is 7.22. The summed E-state index contributed by atoms with van der Waals surface area (Å²) in [5.41, 5.74) is 1.35. The molecule has 0 saturated heterocycles. The summed E-state index contributed by atoms with van der Waals surface area (Å²) in [6.07, 6.45) is 6.22. The van der Waals surface area contributed by atoms with Crippen molar-refractivity contribution < 1.29 is 9.59 Å². The molecule has 0 saturated carbocycles. The third kappa shape index (κ3) is 3.96. The standard InChI is InChI=1S/C16H17N5O2S/c1-11(22)19-16-20-13-4-3-12(9-14(13)24-16)15(23)18-5-2-7-21-8-6-17-10-21/h3-4,6,8-10H,2,5,7H2,1H3,(H,18,23)(H,19,20,22). The monoisotopic (exact) mass is 343 g/mol. The molecule has 3 aromatic rings. The van der Waals surface area contributed by atoms with Crippen molar-refractivity contribution >= 4 is 38.5 Å². The number of nitrogens with one attached hydrogen (secondary N) is 2. The number of nitrogens with zero attached hydrogens (tertiary/aromatic N) is 3. The molecule has 2 aromatic heterocycles. The Labute approximate surface area is 142 Å². The molecule has 7 nitrogen and oxygen atoms in total. The molecule has 8 heteroatoms. The number of anilines is 1. The van der Waals surface area contributed by atoms with E-state index in [1.54, 1.807) is 30.7 Å². The average molecular weight is 343 g/mol. The number of amides is 2. The number of hydrogen-bond donors (Lipinski definition) is 2. The summed E-state index contributed by atoms with van der Waals surface area (Å²) in [6.45, 7) is 2.85. The van der Waals surface area contributed by atoms with Crippen LogP contribution in [-0.2, 0) is 11.3 Å². The number of fused-ring (bicyclic) bond motifs is 1. The highest BCUT2D eigenvalue weighted by Crippen LogP contribution is 2.26. The normalized spacial score (nSPS) is 10.7. The van der Waals surface area contributed by atoms with Crippen LogP contribution >= 0.6 is 11.3 Å². The van der Waals surface area contributed by atoms with Gasteiger partial charge in [-0.15, -0.1) is 0 Å². The summed E-state index contributed by atoms with van der Waals surface area (Å²) >= 11 is 1.35. The quantitative estimate of drug-likeness (QED) is 0.672. The van der Waals surface area contributed by atoms with E-state index in [1.807, 2.05) is 10.8 Å². The van der Waals surface area contributed by atoms with Crippen LogP contribution in [0.4, 0.5) is 5.13 Å². The fraction of sp³-hybridized carbons (Fsp3) is 0.250. The first kappa shape index (κ1) is 16.1. The summed E-state index contributed by atoms with van der Waals surface area (Å²) < 4.78 is 2.84. The van der Waals surface area contributed by atoms with E-state index < -0.39 is 0 Å².